The first kappa shape index (κ1) is 15.0. The predicted octanol–water partition coefficient (Wildman–Crippen LogP) is 1.96. The molecule has 0 saturated heterocycles. The van der Waals surface area contributed by atoms with Gasteiger partial charge in [-0.15, -0.1) is 11.3 Å². The lowest BCUT2D eigenvalue weighted by Gasteiger charge is -2.26. The molecular weight excluding hydrogens is 298 g/mol. The highest BCUT2D eigenvalue weighted by Crippen LogP contribution is 2.35. The first-order chi connectivity index (χ1) is 10.5. The molecule has 1 atom stereocenters. The van der Waals surface area contributed by atoms with Crippen LogP contribution in [0, 0.1) is 6.92 Å². The van der Waals surface area contributed by atoms with Gasteiger partial charge >= 0.3 is 0 Å². The second kappa shape index (κ2) is 5.72. The zero-order valence-corrected chi connectivity index (χ0v) is 14.0. The summed E-state index contributed by atoms with van der Waals surface area (Å²) in [4.78, 5) is 20.3. The van der Waals surface area contributed by atoms with E-state index in [0.717, 1.165) is 24.3 Å². The summed E-state index contributed by atoms with van der Waals surface area (Å²) in [5, 5.41) is 5.15. The zero-order valence-electron chi connectivity index (χ0n) is 13.2. The number of anilines is 1. The fourth-order valence-corrected chi connectivity index (χ4v) is 4.10. The highest BCUT2D eigenvalue weighted by atomic mass is 32.1. The fourth-order valence-electron chi connectivity index (χ4n) is 3.04. The molecule has 0 bridgehead atoms. The Labute approximate surface area is 133 Å². The van der Waals surface area contributed by atoms with Crippen molar-refractivity contribution in [1.29, 1.82) is 0 Å². The Morgan fingerprint density at radius 2 is 2.36 bits per heavy atom. The van der Waals surface area contributed by atoms with Crippen molar-refractivity contribution in [1.82, 2.24) is 19.7 Å². The maximum absolute atomic E-state index is 12.5. The monoisotopic (exact) mass is 319 g/mol. The van der Waals surface area contributed by atoms with Crippen molar-refractivity contribution in [3.8, 4) is 0 Å². The number of nitrogens with two attached hydrogens (primary N) is 1. The van der Waals surface area contributed by atoms with Gasteiger partial charge in [0.1, 0.15) is 11.4 Å². The molecule has 0 unspecified atom stereocenters. The van der Waals surface area contributed by atoms with Crippen LogP contribution < -0.4 is 5.73 Å². The van der Waals surface area contributed by atoms with Crippen LogP contribution in [0.15, 0.2) is 6.20 Å². The molecule has 118 valence electrons. The maximum Gasteiger partial charge on any atom is 0.258 e. The van der Waals surface area contributed by atoms with E-state index in [1.165, 1.54) is 21.4 Å². The summed E-state index contributed by atoms with van der Waals surface area (Å²) < 4.78 is 1.52. The average Bonchev–Trinajstić information content (AvgIpc) is 3.02. The average molecular weight is 319 g/mol. The summed E-state index contributed by atoms with van der Waals surface area (Å²) in [6, 6.07) is 0. The molecule has 0 aliphatic heterocycles. The molecule has 7 heteroatoms. The van der Waals surface area contributed by atoms with Gasteiger partial charge in [-0.2, -0.15) is 5.10 Å². The smallest absolute Gasteiger partial charge is 0.258 e. The van der Waals surface area contributed by atoms with Crippen molar-refractivity contribution in [2.45, 2.75) is 32.1 Å². The largest absolute Gasteiger partial charge is 0.383 e. The van der Waals surface area contributed by atoms with E-state index in [0.29, 0.717) is 23.8 Å². The first-order valence-electron chi connectivity index (χ1n) is 7.46. The van der Waals surface area contributed by atoms with Gasteiger partial charge in [0.2, 0.25) is 0 Å². The number of rotatable bonds is 3. The second-order valence-corrected chi connectivity index (χ2v) is 7.17. The Kier molecular flexibility index (Phi) is 3.90. The number of fused-ring (bicyclic) bond motifs is 1. The molecule has 3 rings (SSSR count). The third kappa shape index (κ3) is 2.61. The van der Waals surface area contributed by atoms with Crippen molar-refractivity contribution in [2.75, 3.05) is 19.3 Å². The van der Waals surface area contributed by atoms with Crippen LogP contribution in [-0.2, 0) is 13.5 Å². The summed E-state index contributed by atoms with van der Waals surface area (Å²) in [7, 11) is 3.56. The van der Waals surface area contributed by atoms with E-state index in [1.54, 1.807) is 23.3 Å². The number of likely N-dealkylation sites (N-methyl/N-ethyl adjacent to an activating group) is 1. The number of carbonyl (C=O) groups excluding carboxylic acids is 1. The maximum atomic E-state index is 12.5. The number of hydrogen-bond acceptors (Lipinski definition) is 5. The van der Waals surface area contributed by atoms with Crippen LogP contribution in [0.3, 0.4) is 0 Å². The van der Waals surface area contributed by atoms with E-state index in [4.69, 9.17) is 5.73 Å². The van der Waals surface area contributed by atoms with Crippen LogP contribution >= 0.6 is 11.3 Å². The van der Waals surface area contributed by atoms with Gasteiger partial charge in [0.05, 0.1) is 16.9 Å². The number of amides is 1. The Morgan fingerprint density at radius 3 is 3.05 bits per heavy atom. The topological polar surface area (TPSA) is 77.0 Å². The molecule has 1 aliphatic carbocycles. The zero-order chi connectivity index (χ0) is 15.9. The molecule has 1 aliphatic rings. The molecule has 2 aromatic heterocycles. The third-order valence-corrected chi connectivity index (χ3v) is 5.28. The lowest BCUT2D eigenvalue weighted by atomic mass is 9.90. The quantitative estimate of drug-likeness (QED) is 0.938. The molecule has 6 nitrogen and oxygen atoms in total. The second-order valence-electron chi connectivity index (χ2n) is 5.88. The summed E-state index contributed by atoms with van der Waals surface area (Å²) in [5.74, 6) is 0.649. The van der Waals surface area contributed by atoms with Gasteiger partial charge < -0.3 is 10.6 Å². The lowest BCUT2D eigenvalue weighted by Crippen LogP contribution is -2.32. The summed E-state index contributed by atoms with van der Waals surface area (Å²) in [6.07, 6.45) is 4.89. The summed E-state index contributed by atoms with van der Waals surface area (Å²) >= 11 is 1.78. The fraction of sp³-hybridized carbons (Fsp3) is 0.533. The van der Waals surface area contributed by atoms with Crippen LogP contribution in [-0.4, -0.2) is 39.2 Å². The molecule has 22 heavy (non-hydrogen) atoms. The van der Waals surface area contributed by atoms with Crippen molar-refractivity contribution in [2.24, 2.45) is 7.05 Å². The molecule has 2 N–H and O–H groups in total. The van der Waals surface area contributed by atoms with Gasteiger partial charge in [0, 0.05) is 31.4 Å². The molecule has 0 spiro atoms. The van der Waals surface area contributed by atoms with Crippen LogP contribution in [0.2, 0.25) is 0 Å². The number of carbonyl (C=O) groups is 1. The molecule has 0 radical (unpaired) electrons. The normalized spacial score (nSPS) is 17.3. The lowest BCUT2D eigenvalue weighted by molar-refractivity contribution is 0.0784. The molecule has 1 amide bonds. The molecule has 2 aromatic rings. The van der Waals surface area contributed by atoms with Crippen molar-refractivity contribution in [3.05, 3.63) is 27.3 Å². The van der Waals surface area contributed by atoms with E-state index in [9.17, 15) is 4.79 Å². The number of aryl methyl sites for hydroxylation is 3. The highest BCUT2D eigenvalue weighted by Gasteiger charge is 2.27. The van der Waals surface area contributed by atoms with Crippen LogP contribution in [0.4, 0.5) is 5.82 Å². The Hall–Kier alpha value is -1.89. The summed E-state index contributed by atoms with van der Waals surface area (Å²) in [6.45, 7) is 2.72. The molecule has 2 heterocycles. The van der Waals surface area contributed by atoms with E-state index in [1.807, 2.05) is 14.0 Å². The van der Waals surface area contributed by atoms with Gasteiger partial charge in [0.15, 0.2) is 0 Å². The van der Waals surface area contributed by atoms with E-state index >= 15 is 0 Å². The van der Waals surface area contributed by atoms with Gasteiger partial charge in [-0.05, 0) is 26.2 Å². The minimum absolute atomic E-state index is 0.0790. The van der Waals surface area contributed by atoms with E-state index in [-0.39, 0.29) is 5.91 Å². The number of nitrogens with zero attached hydrogens (tertiary/aromatic N) is 4. The molecular formula is C15H21N5OS. The Morgan fingerprint density at radius 1 is 1.59 bits per heavy atom. The van der Waals surface area contributed by atoms with Gasteiger partial charge in [-0.3, -0.25) is 9.48 Å². The van der Waals surface area contributed by atoms with E-state index < -0.39 is 0 Å². The Balaban J connectivity index is 1.76. The van der Waals surface area contributed by atoms with Crippen LogP contribution in [0.1, 0.15) is 44.7 Å². The summed E-state index contributed by atoms with van der Waals surface area (Å²) in [5.41, 5.74) is 7.55. The minimum atomic E-state index is -0.0790. The standard InChI is InChI=1S/C15H21N5OS/c1-9-18-13-10(5-4-6-12(13)22-9)8-19(2)15(21)11-7-17-20(3)14(11)16/h7,10H,4-6,8,16H2,1-3H3/t10-/m1/s1. The SMILES string of the molecule is Cc1nc2c(s1)CCC[C@@H]2CN(C)C(=O)c1cnn(C)c1N. The number of thiazole rings is 1. The number of aromatic nitrogens is 3. The third-order valence-electron chi connectivity index (χ3n) is 4.23. The van der Waals surface area contributed by atoms with Gasteiger partial charge in [-0.25, -0.2) is 4.98 Å². The number of nitrogen functional groups attached to an aromatic ring is 1. The molecule has 0 fully saturated rings. The van der Waals surface area contributed by atoms with Gasteiger partial charge in [-0.1, -0.05) is 0 Å². The molecule has 0 aromatic carbocycles. The van der Waals surface area contributed by atoms with Gasteiger partial charge in [0.25, 0.3) is 5.91 Å². The predicted molar refractivity (Wildman–Crippen MR) is 87.1 cm³/mol. The Bertz CT molecular complexity index is 705. The van der Waals surface area contributed by atoms with Crippen LogP contribution in [0.25, 0.3) is 0 Å². The van der Waals surface area contributed by atoms with E-state index in [2.05, 4.69) is 10.1 Å². The van der Waals surface area contributed by atoms with Crippen molar-refractivity contribution < 1.29 is 4.79 Å². The van der Waals surface area contributed by atoms with Crippen molar-refractivity contribution >= 4 is 23.1 Å². The minimum Gasteiger partial charge on any atom is -0.383 e. The first-order valence-corrected chi connectivity index (χ1v) is 8.28. The highest BCUT2D eigenvalue weighted by molar-refractivity contribution is 7.11. The molecule has 0 saturated carbocycles. The van der Waals surface area contributed by atoms with Crippen LogP contribution in [0.5, 0.6) is 0 Å². The number of hydrogen-bond donors (Lipinski definition) is 1. The van der Waals surface area contributed by atoms with Crippen molar-refractivity contribution in [3.63, 3.8) is 0 Å².